The number of aliphatic hydroxyl groups excluding tert-OH is 1. The van der Waals surface area contributed by atoms with Crippen LogP contribution in [0.15, 0.2) is 24.3 Å². The van der Waals surface area contributed by atoms with Gasteiger partial charge in [0.2, 0.25) is 0 Å². The van der Waals surface area contributed by atoms with Gasteiger partial charge < -0.3 is 10.4 Å². The summed E-state index contributed by atoms with van der Waals surface area (Å²) in [5.41, 5.74) is 1.12. The maximum Gasteiger partial charge on any atom is 0.123 e. The smallest absolute Gasteiger partial charge is 0.123 e. The van der Waals surface area contributed by atoms with E-state index in [1.54, 1.807) is 0 Å². The van der Waals surface area contributed by atoms with Crippen molar-refractivity contribution in [3.8, 4) is 0 Å². The number of benzene rings is 1. The topological polar surface area (TPSA) is 32.3 Å². The second-order valence-corrected chi connectivity index (χ2v) is 4.85. The zero-order valence-corrected chi connectivity index (χ0v) is 10.8. The molecular formula is C14H22FNO. The van der Waals surface area contributed by atoms with Gasteiger partial charge in [0.1, 0.15) is 5.82 Å². The number of nitrogens with one attached hydrogen (secondary N) is 1. The van der Waals surface area contributed by atoms with E-state index < -0.39 is 0 Å². The molecule has 0 saturated heterocycles. The highest BCUT2D eigenvalue weighted by Gasteiger charge is 2.13. The van der Waals surface area contributed by atoms with Crippen LogP contribution in [-0.2, 0) is 6.42 Å². The van der Waals surface area contributed by atoms with E-state index in [9.17, 15) is 4.39 Å². The molecule has 0 bridgehead atoms. The molecule has 96 valence electrons. The second kappa shape index (κ2) is 6.72. The summed E-state index contributed by atoms with van der Waals surface area (Å²) in [7, 11) is 0. The summed E-state index contributed by atoms with van der Waals surface area (Å²) in [6, 6.07) is 7.19. The predicted octanol–water partition coefficient (Wildman–Crippen LogP) is 2.36. The van der Waals surface area contributed by atoms with Crippen LogP contribution in [-0.4, -0.2) is 23.8 Å². The molecule has 0 radical (unpaired) electrons. The van der Waals surface area contributed by atoms with Crippen LogP contribution in [0.2, 0.25) is 0 Å². The summed E-state index contributed by atoms with van der Waals surface area (Å²) in [6.45, 7) is 6.38. The van der Waals surface area contributed by atoms with Gasteiger partial charge in [-0.2, -0.15) is 0 Å². The van der Waals surface area contributed by atoms with Crippen LogP contribution in [0.5, 0.6) is 0 Å². The fraction of sp³-hybridized carbons (Fsp3) is 0.571. The van der Waals surface area contributed by atoms with E-state index in [4.69, 9.17) is 5.11 Å². The zero-order valence-electron chi connectivity index (χ0n) is 10.8. The Morgan fingerprint density at radius 1 is 1.18 bits per heavy atom. The molecule has 0 aliphatic carbocycles. The first-order valence-electron chi connectivity index (χ1n) is 6.14. The minimum Gasteiger partial charge on any atom is -0.396 e. The van der Waals surface area contributed by atoms with Gasteiger partial charge in [-0.25, -0.2) is 4.39 Å². The molecule has 0 heterocycles. The molecule has 17 heavy (non-hydrogen) atoms. The summed E-state index contributed by atoms with van der Waals surface area (Å²) in [6.07, 6.45) is 0.864. The van der Waals surface area contributed by atoms with Crippen molar-refractivity contribution >= 4 is 0 Å². The molecule has 0 aliphatic rings. The van der Waals surface area contributed by atoms with Crippen LogP contribution in [0.4, 0.5) is 4.39 Å². The number of aliphatic hydroxyl groups is 1. The highest BCUT2D eigenvalue weighted by Crippen LogP contribution is 2.08. The van der Waals surface area contributed by atoms with E-state index in [-0.39, 0.29) is 24.4 Å². The molecule has 1 aromatic carbocycles. The van der Waals surface area contributed by atoms with Crippen LogP contribution >= 0.6 is 0 Å². The van der Waals surface area contributed by atoms with Crippen molar-refractivity contribution in [2.75, 3.05) is 6.61 Å². The number of hydrogen-bond acceptors (Lipinski definition) is 2. The average molecular weight is 239 g/mol. The lowest BCUT2D eigenvalue weighted by Crippen LogP contribution is -2.40. The molecule has 0 saturated carbocycles. The molecule has 3 unspecified atom stereocenters. The first kappa shape index (κ1) is 14.1. The second-order valence-electron chi connectivity index (χ2n) is 4.85. The molecule has 0 amide bonds. The molecule has 1 rings (SSSR count). The van der Waals surface area contributed by atoms with Crippen molar-refractivity contribution < 1.29 is 9.50 Å². The summed E-state index contributed by atoms with van der Waals surface area (Å²) >= 11 is 0. The van der Waals surface area contributed by atoms with Crippen molar-refractivity contribution in [2.24, 2.45) is 5.92 Å². The van der Waals surface area contributed by atoms with Gasteiger partial charge >= 0.3 is 0 Å². The molecule has 2 nitrogen and oxygen atoms in total. The summed E-state index contributed by atoms with van der Waals surface area (Å²) in [5.74, 6) is 0.0438. The molecule has 2 N–H and O–H groups in total. The molecule has 3 heteroatoms. The number of rotatable bonds is 6. The van der Waals surface area contributed by atoms with Crippen LogP contribution < -0.4 is 5.32 Å². The fourth-order valence-corrected chi connectivity index (χ4v) is 1.80. The molecule has 0 fully saturated rings. The Balaban J connectivity index is 2.44. The maximum atomic E-state index is 12.7. The van der Waals surface area contributed by atoms with Gasteiger partial charge in [0.15, 0.2) is 0 Å². The fourth-order valence-electron chi connectivity index (χ4n) is 1.80. The Morgan fingerprint density at radius 3 is 2.29 bits per heavy atom. The van der Waals surface area contributed by atoms with Crippen molar-refractivity contribution in [1.29, 1.82) is 0 Å². The summed E-state index contributed by atoms with van der Waals surface area (Å²) < 4.78 is 12.7. The monoisotopic (exact) mass is 239 g/mol. The Labute approximate surface area is 103 Å². The SMILES string of the molecule is CC(Cc1ccc(F)cc1)NC(C)C(C)CO. The van der Waals surface area contributed by atoms with Gasteiger partial charge in [0, 0.05) is 18.7 Å². The van der Waals surface area contributed by atoms with Crippen LogP contribution in [0.3, 0.4) is 0 Å². The largest absolute Gasteiger partial charge is 0.396 e. The van der Waals surface area contributed by atoms with Gasteiger partial charge in [-0.15, -0.1) is 0 Å². The van der Waals surface area contributed by atoms with Crippen molar-refractivity contribution in [3.05, 3.63) is 35.6 Å². The highest BCUT2D eigenvalue weighted by molar-refractivity contribution is 5.17. The first-order valence-corrected chi connectivity index (χ1v) is 6.14. The summed E-state index contributed by atoms with van der Waals surface area (Å²) in [4.78, 5) is 0. The van der Waals surface area contributed by atoms with E-state index in [1.165, 1.54) is 12.1 Å². The molecule has 1 aromatic rings. The van der Waals surface area contributed by atoms with Crippen molar-refractivity contribution in [1.82, 2.24) is 5.32 Å². The third-order valence-corrected chi connectivity index (χ3v) is 3.14. The van der Waals surface area contributed by atoms with Gasteiger partial charge in [-0.05, 0) is 43.9 Å². The van der Waals surface area contributed by atoms with E-state index >= 15 is 0 Å². The standard InChI is InChI=1S/C14H22FNO/c1-10(9-17)12(3)16-11(2)8-13-4-6-14(15)7-5-13/h4-7,10-12,16-17H,8-9H2,1-3H3. The normalized spacial score (nSPS) is 16.5. The molecular weight excluding hydrogens is 217 g/mol. The first-order chi connectivity index (χ1) is 8.02. The number of hydrogen-bond donors (Lipinski definition) is 2. The minimum absolute atomic E-state index is 0.192. The number of halogens is 1. The van der Waals surface area contributed by atoms with E-state index in [1.807, 2.05) is 19.1 Å². The van der Waals surface area contributed by atoms with Crippen molar-refractivity contribution in [3.63, 3.8) is 0 Å². The Bertz CT molecular complexity index is 325. The quantitative estimate of drug-likeness (QED) is 0.798. The molecule has 3 atom stereocenters. The lowest BCUT2D eigenvalue weighted by Gasteiger charge is -2.24. The van der Waals surface area contributed by atoms with Gasteiger partial charge in [0.05, 0.1) is 0 Å². The summed E-state index contributed by atoms with van der Waals surface area (Å²) in [5, 5.41) is 12.5. The predicted molar refractivity (Wildman–Crippen MR) is 68.4 cm³/mol. The Morgan fingerprint density at radius 2 is 1.76 bits per heavy atom. The molecule has 0 spiro atoms. The maximum absolute atomic E-state index is 12.7. The van der Waals surface area contributed by atoms with Crippen LogP contribution in [0.1, 0.15) is 26.3 Å². The zero-order chi connectivity index (χ0) is 12.8. The Kier molecular flexibility index (Phi) is 5.59. The van der Waals surface area contributed by atoms with Crippen molar-refractivity contribution in [2.45, 2.75) is 39.3 Å². The lowest BCUT2D eigenvalue weighted by molar-refractivity contribution is 0.202. The lowest BCUT2D eigenvalue weighted by atomic mass is 10.0. The minimum atomic E-state index is -0.198. The average Bonchev–Trinajstić information content (AvgIpc) is 2.30. The van der Waals surface area contributed by atoms with Gasteiger partial charge in [-0.3, -0.25) is 0 Å². The van der Waals surface area contributed by atoms with E-state index in [0.717, 1.165) is 12.0 Å². The van der Waals surface area contributed by atoms with E-state index in [0.29, 0.717) is 6.04 Å². The Hall–Kier alpha value is -0.930. The third-order valence-electron chi connectivity index (χ3n) is 3.14. The molecule has 0 aromatic heterocycles. The third kappa shape index (κ3) is 4.84. The van der Waals surface area contributed by atoms with Gasteiger partial charge in [0.25, 0.3) is 0 Å². The van der Waals surface area contributed by atoms with E-state index in [2.05, 4.69) is 19.2 Å². The molecule has 0 aliphatic heterocycles. The van der Waals surface area contributed by atoms with Crippen LogP contribution in [0.25, 0.3) is 0 Å². The van der Waals surface area contributed by atoms with Crippen LogP contribution in [0, 0.1) is 11.7 Å². The van der Waals surface area contributed by atoms with Gasteiger partial charge in [-0.1, -0.05) is 19.1 Å². The highest BCUT2D eigenvalue weighted by atomic mass is 19.1.